The molecule has 0 unspecified atom stereocenters. The maximum atomic E-state index is 13.9. The normalized spacial score (nSPS) is 18.3. The fourth-order valence-corrected chi connectivity index (χ4v) is 3.52. The Morgan fingerprint density at radius 1 is 1.38 bits per heavy atom. The van der Waals surface area contributed by atoms with Crippen molar-refractivity contribution in [1.82, 2.24) is 4.90 Å². The molecule has 1 aliphatic rings. The lowest BCUT2D eigenvalue weighted by Crippen LogP contribution is -2.43. The van der Waals surface area contributed by atoms with Gasteiger partial charge in [0.15, 0.2) is 9.84 Å². The fraction of sp³-hybridized carbons (Fsp3) is 0.611. The van der Waals surface area contributed by atoms with Gasteiger partial charge >= 0.3 is 0 Å². The molecule has 0 bridgehead atoms. The highest BCUT2D eigenvalue weighted by molar-refractivity contribution is 7.90. The lowest BCUT2D eigenvalue weighted by atomic mass is 10.1. The number of nitrogens with one attached hydrogen (secondary N) is 1. The molecule has 1 amide bonds. The van der Waals surface area contributed by atoms with E-state index in [1.165, 1.54) is 6.07 Å². The van der Waals surface area contributed by atoms with Crippen LogP contribution in [0.5, 0.6) is 0 Å². The van der Waals surface area contributed by atoms with E-state index >= 15 is 0 Å². The van der Waals surface area contributed by atoms with Gasteiger partial charge in [0.05, 0.1) is 23.2 Å². The number of rotatable bonds is 7. The van der Waals surface area contributed by atoms with Gasteiger partial charge in [0.2, 0.25) is 5.91 Å². The number of hydrogen-bond acceptors (Lipinski definition) is 5. The van der Waals surface area contributed by atoms with Gasteiger partial charge in [-0.1, -0.05) is 0 Å². The number of amides is 1. The van der Waals surface area contributed by atoms with Crippen molar-refractivity contribution >= 4 is 21.4 Å². The van der Waals surface area contributed by atoms with Crippen molar-refractivity contribution in [2.75, 3.05) is 31.3 Å². The number of nitrogens with zero attached hydrogens (tertiary/aromatic N) is 1. The highest BCUT2D eigenvalue weighted by Gasteiger charge is 2.22. The first kappa shape index (κ1) is 20.8. The van der Waals surface area contributed by atoms with Gasteiger partial charge in [-0.15, -0.1) is 0 Å². The summed E-state index contributed by atoms with van der Waals surface area (Å²) in [6.07, 6.45) is 4.29. The van der Waals surface area contributed by atoms with E-state index in [0.717, 1.165) is 44.3 Å². The quantitative estimate of drug-likeness (QED) is 0.729. The summed E-state index contributed by atoms with van der Waals surface area (Å²) in [5.41, 5.74) is -0.129. The summed E-state index contributed by atoms with van der Waals surface area (Å²) < 4.78 is 42.9. The Morgan fingerprint density at radius 3 is 2.69 bits per heavy atom. The molecule has 1 aromatic rings. The lowest BCUT2D eigenvalue weighted by Gasteiger charge is -2.32. The first-order valence-electron chi connectivity index (χ1n) is 8.82. The molecule has 1 fully saturated rings. The number of anilines is 1. The molecule has 2 rings (SSSR count). The molecule has 1 heterocycles. The molecule has 0 spiro atoms. The zero-order valence-corrected chi connectivity index (χ0v) is 16.3. The molecule has 0 aliphatic carbocycles. The molecule has 0 saturated carbocycles. The van der Waals surface area contributed by atoms with Crippen molar-refractivity contribution in [3.05, 3.63) is 24.0 Å². The second-order valence-corrected chi connectivity index (χ2v) is 8.99. The second-order valence-electron chi connectivity index (χ2n) is 6.97. The average Bonchev–Trinajstić information content (AvgIpc) is 2.56. The van der Waals surface area contributed by atoms with E-state index in [0.29, 0.717) is 6.54 Å². The third-order valence-electron chi connectivity index (χ3n) is 4.43. The summed E-state index contributed by atoms with van der Waals surface area (Å²) in [4.78, 5) is 14.3. The lowest BCUT2D eigenvalue weighted by molar-refractivity contribution is -0.118. The van der Waals surface area contributed by atoms with Crippen LogP contribution in [0, 0.1) is 5.82 Å². The Kier molecular flexibility index (Phi) is 7.14. The zero-order valence-electron chi connectivity index (χ0n) is 15.5. The molecular formula is C18H27FN2O4S. The zero-order chi connectivity index (χ0) is 19.3. The Bertz CT molecular complexity index is 731. The standard InChI is InChI=1S/C18H27FN2O4S/c1-13(2)21(11-14-6-4-5-9-25-14)12-18(22)20-17-10-15(26(3,23)24)7-8-16(17)19/h7-8,10,13-14H,4-6,9,11-12H2,1-3H3,(H,20,22)/t14-/m0/s1. The predicted octanol–water partition coefficient (Wildman–Crippen LogP) is 2.45. The number of sulfone groups is 1. The first-order chi connectivity index (χ1) is 12.2. The van der Waals surface area contributed by atoms with Crippen LogP contribution in [-0.4, -0.2) is 57.3 Å². The highest BCUT2D eigenvalue weighted by Crippen LogP contribution is 2.20. The van der Waals surface area contributed by atoms with Crippen LogP contribution < -0.4 is 5.32 Å². The van der Waals surface area contributed by atoms with Crippen LogP contribution >= 0.6 is 0 Å². The van der Waals surface area contributed by atoms with E-state index in [1.807, 2.05) is 18.7 Å². The minimum Gasteiger partial charge on any atom is -0.377 e. The maximum Gasteiger partial charge on any atom is 0.238 e. The van der Waals surface area contributed by atoms with Gasteiger partial charge < -0.3 is 10.1 Å². The molecule has 0 radical (unpaired) electrons. The topological polar surface area (TPSA) is 75.7 Å². The molecule has 1 saturated heterocycles. The van der Waals surface area contributed by atoms with E-state index in [1.54, 1.807) is 0 Å². The largest absolute Gasteiger partial charge is 0.377 e. The Hall–Kier alpha value is -1.51. The van der Waals surface area contributed by atoms with Crippen molar-refractivity contribution in [3.8, 4) is 0 Å². The predicted molar refractivity (Wildman–Crippen MR) is 98.4 cm³/mol. The van der Waals surface area contributed by atoms with Gasteiger partial charge in [0, 0.05) is 25.4 Å². The Morgan fingerprint density at radius 2 is 2.12 bits per heavy atom. The van der Waals surface area contributed by atoms with Crippen molar-refractivity contribution in [2.24, 2.45) is 0 Å². The monoisotopic (exact) mass is 386 g/mol. The Balaban J connectivity index is 2.03. The summed E-state index contributed by atoms with van der Waals surface area (Å²) in [7, 11) is -3.48. The van der Waals surface area contributed by atoms with Crippen LogP contribution in [0.2, 0.25) is 0 Å². The molecule has 0 aromatic heterocycles. The van der Waals surface area contributed by atoms with Gasteiger partial charge in [0.25, 0.3) is 0 Å². The van der Waals surface area contributed by atoms with Crippen molar-refractivity contribution in [1.29, 1.82) is 0 Å². The van der Waals surface area contributed by atoms with E-state index < -0.39 is 15.7 Å². The molecule has 8 heteroatoms. The van der Waals surface area contributed by atoms with E-state index in [-0.39, 0.29) is 35.2 Å². The minimum atomic E-state index is -3.48. The first-order valence-corrected chi connectivity index (χ1v) is 10.7. The number of carbonyl (C=O) groups is 1. The van der Waals surface area contributed by atoms with Crippen molar-refractivity contribution < 1.29 is 22.3 Å². The summed E-state index contributed by atoms with van der Waals surface area (Å²) in [6.45, 7) is 5.44. The van der Waals surface area contributed by atoms with Crippen LogP contribution in [-0.2, 0) is 19.4 Å². The van der Waals surface area contributed by atoms with Crippen molar-refractivity contribution in [2.45, 2.75) is 50.2 Å². The number of hydrogen-bond donors (Lipinski definition) is 1. The van der Waals surface area contributed by atoms with E-state index in [9.17, 15) is 17.6 Å². The van der Waals surface area contributed by atoms with E-state index in [2.05, 4.69) is 5.32 Å². The minimum absolute atomic E-state index is 0.0366. The number of benzene rings is 1. The fourth-order valence-electron chi connectivity index (χ4n) is 2.88. The number of ether oxygens (including phenoxy) is 1. The van der Waals surface area contributed by atoms with Crippen LogP contribution in [0.15, 0.2) is 23.1 Å². The van der Waals surface area contributed by atoms with Crippen LogP contribution in [0.1, 0.15) is 33.1 Å². The van der Waals surface area contributed by atoms with Gasteiger partial charge in [-0.2, -0.15) is 0 Å². The van der Waals surface area contributed by atoms with Crippen LogP contribution in [0.25, 0.3) is 0 Å². The maximum absolute atomic E-state index is 13.9. The van der Waals surface area contributed by atoms with E-state index in [4.69, 9.17) is 4.74 Å². The highest BCUT2D eigenvalue weighted by atomic mass is 32.2. The molecular weight excluding hydrogens is 359 g/mol. The van der Waals surface area contributed by atoms with Crippen molar-refractivity contribution in [3.63, 3.8) is 0 Å². The number of carbonyl (C=O) groups excluding carboxylic acids is 1. The molecule has 1 atom stereocenters. The average molecular weight is 386 g/mol. The molecule has 146 valence electrons. The van der Waals surface area contributed by atoms with Gasteiger partial charge in [0.1, 0.15) is 5.82 Å². The molecule has 6 nitrogen and oxygen atoms in total. The van der Waals surface area contributed by atoms with Crippen LogP contribution in [0.3, 0.4) is 0 Å². The summed E-state index contributed by atoms with van der Waals surface area (Å²) in [6, 6.07) is 3.49. The van der Waals surface area contributed by atoms with Crippen LogP contribution in [0.4, 0.5) is 10.1 Å². The SMILES string of the molecule is CC(C)N(CC(=O)Nc1cc(S(C)(=O)=O)ccc1F)C[C@@H]1CCCCO1. The summed E-state index contributed by atoms with van der Waals surface area (Å²) in [5.74, 6) is -1.06. The molecule has 1 aromatic carbocycles. The second kappa shape index (κ2) is 8.92. The summed E-state index contributed by atoms with van der Waals surface area (Å²) >= 11 is 0. The molecule has 1 N–H and O–H groups in total. The van der Waals surface area contributed by atoms with Gasteiger partial charge in [-0.25, -0.2) is 12.8 Å². The smallest absolute Gasteiger partial charge is 0.238 e. The third kappa shape index (κ3) is 6.03. The Labute approximate surface area is 154 Å². The molecule has 26 heavy (non-hydrogen) atoms. The molecule has 1 aliphatic heterocycles. The number of halogens is 1. The van der Waals surface area contributed by atoms with Gasteiger partial charge in [-0.3, -0.25) is 9.69 Å². The third-order valence-corrected chi connectivity index (χ3v) is 5.54. The van der Waals surface area contributed by atoms with Gasteiger partial charge in [-0.05, 0) is 51.3 Å². The summed E-state index contributed by atoms with van der Waals surface area (Å²) in [5, 5.41) is 2.48.